The molecule has 1 aromatic heterocycles. The van der Waals surface area contributed by atoms with Crippen molar-refractivity contribution in [2.75, 3.05) is 24.6 Å². The largest absolute Gasteiger partial charge is 0.507 e. The van der Waals surface area contributed by atoms with E-state index in [1.54, 1.807) is 6.07 Å². The van der Waals surface area contributed by atoms with Crippen molar-refractivity contribution in [3.8, 4) is 17.0 Å². The van der Waals surface area contributed by atoms with Gasteiger partial charge in [-0.2, -0.15) is 0 Å². The number of pyridine rings is 1. The highest BCUT2D eigenvalue weighted by Gasteiger charge is 2.37. The average molecular weight is 413 g/mol. The molecule has 30 heavy (non-hydrogen) atoms. The van der Waals surface area contributed by atoms with Crippen LogP contribution in [0.15, 0.2) is 36.4 Å². The number of phenolic OH excluding ortho intramolecular Hbond substituents is 1. The van der Waals surface area contributed by atoms with E-state index in [1.165, 1.54) is 0 Å². The van der Waals surface area contributed by atoms with Crippen LogP contribution in [0.5, 0.6) is 5.75 Å². The first-order valence-electron chi connectivity index (χ1n) is 10.5. The summed E-state index contributed by atoms with van der Waals surface area (Å²) in [4.78, 5) is 19.6. The van der Waals surface area contributed by atoms with E-state index in [0.717, 1.165) is 17.1 Å². The molecule has 1 aliphatic heterocycles. The minimum Gasteiger partial charge on any atom is -0.507 e. The van der Waals surface area contributed by atoms with E-state index in [0.29, 0.717) is 31.7 Å². The lowest BCUT2D eigenvalue weighted by Crippen LogP contribution is -2.49. The van der Waals surface area contributed by atoms with Crippen molar-refractivity contribution >= 4 is 11.8 Å². The fraction of sp³-hybridized carbons (Fsp3) is 0.500. The van der Waals surface area contributed by atoms with Crippen LogP contribution in [0.2, 0.25) is 0 Å². The van der Waals surface area contributed by atoms with Gasteiger partial charge in [-0.05, 0) is 65.3 Å². The van der Waals surface area contributed by atoms with Gasteiger partial charge in [0.15, 0.2) is 0 Å². The van der Waals surface area contributed by atoms with E-state index in [4.69, 9.17) is 14.5 Å². The number of aromatic nitrogens is 1. The predicted molar refractivity (Wildman–Crippen MR) is 118 cm³/mol. The summed E-state index contributed by atoms with van der Waals surface area (Å²) in [5.41, 5.74) is 1.97. The van der Waals surface area contributed by atoms with E-state index >= 15 is 0 Å². The van der Waals surface area contributed by atoms with Gasteiger partial charge in [0.1, 0.15) is 17.2 Å². The number of phenols is 1. The van der Waals surface area contributed by atoms with E-state index in [-0.39, 0.29) is 23.7 Å². The standard InChI is InChI=1S/C24H32N2O4/c1-6-29-21-15-26(13-12-17(21)23(28)30-24(3,4)5)22-9-7-8-19(25-22)18-14-16(2)10-11-20(18)27/h7-11,14,17,21,27H,6,12-13,15H2,1-5H3. The predicted octanol–water partition coefficient (Wildman–Crippen LogP) is 4.34. The maximum atomic E-state index is 12.7. The number of hydrogen-bond donors (Lipinski definition) is 1. The first-order chi connectivity index (χ1) is 14.2. The number of anilines is 1. The molecule has 0 amide bonds. The van der Waals surface area contributed by atoms with Crippen LogP contribution in [0.3, 0.4) is 0 Å². The Hall–Kier alpha value is -2.60. The molecular formula is C24H32N2O4. The van der Waals surface area contributed by atoms with Crippen LogP contribution in [-0.4, -0.2) is 47.5 Å². The lowest BCUT2D eigenvalue weighted by atomic mass is 9.93. The summed E-state index contributed by atoms with van der Waals surface area (Å²) < 4.78 is 11.5. The van der Waals surface area contributed by atoms with Crippen LogP contribution in [0.25, 0.3) is 11.3 Å². The van der Waals surface area contributed by atoms with Crippen molar-refractivity contribution in [3.05, 3.63) is 42.0 Å². The quantitative estimate of drug-likeness (QED) is 0.737. The molecule has 6 heteroatoms. The number of carbonyl (C=O) groups is 1. The number of aromatic hydroxyl groups is 1. The number of rotatable bonds is 5. The van der Waals surface area contributed by atoms with Gasteiger partial charge < -0.3 is 19.5 Å². The van der Waals surface area contributed by atoms with Crippen LogP contribution in [0.4, 0.5) is 5.82 Å². The molecule has 2 atom stereocenters. The average Bonchev–Trinajstić information content (AvgIpc) is 2.69. The summed E-state index contributed by atoms with van der Waals surface area (Å²) in [5.74, 6) is 0.526. The minimum atomic E-state index is -0.517. The van der Waals surface area contributed by atoms with Crippen LogP contribution in [-0.2, 0) is 14.3 Å². The molecule has 6 nitrogen and oxygen atoms in total. The maximum Gasteiger partial charge on any atom is 0.312 e. The van der Waals surface area contributed by atoms with Crippen molar-refractivity contribution in [2.45, 2.75) is 52.7 Å². The SMILES string of the molecule is CCOC1CN(c2cccc(-c3cc(C)ccc3O)n2)CCC1C(=O)OC(C)(C)C. The highest BCUT2D eigenvalue weighted by Crippen LogP contribution is 2.32. The third kappa shape index (κ3) is 5.30. The Labute approximate surface area is 178 Å². The number of piperidine rings is 1. The molecule has 2 heterocycles. The number of carbonyl (C=O) groups excluding carboxylic acids is 1. The van der Waals surface area contributed by atoms with Gasteiger partial charge in [0, 0.05) is 25.3 Å². The van der Waals surface area contributed by atoms with E-state index < -0.39 is 5.60 Å². The molecule has 1 aromatic carbocycles. The van der Waals surface area contributed by atoms with Crippen molar-refractivity contribution in [2.24, 2.45) is 5.92 Å². The molecular weight excluding hydrogens is 380 g/mol. The Morgan fingerprint density at radius 1 is 1.27 bits per heavy atom. The molecule has 0 aliphatic carbocycles. The van der Waals surface area contributed by atoms with Crippen molar-refractivity contribution in [1.29, 1.82) is 0 Å². The summed E-state index contributed by atoms with van der Waals surface area (Å²) in [7, 11) is 0. The minimum absolute atomic E-state index is 0.202. The van der Waals surface area contributed by atoms with Gasteiger partial charge in [-0.3, -0.25) is 4.79 Å². The Balaban J connectivity index is 1.81. The van der Waals surface area contributed by atoms with Gasteiger partial charge in [-0.25, -0.2) is 4.98 Å². The van der Waals surface area contributed by atoms with Gasteiger partial charge in [-0.1, -0.05) is 17.7 Å². The zero-order valence-electron chi connectivity index (χ0n) is 18.5. The fourth-order valence-electron chi connectivity index (χ4n) is 3.76. The monoisotopic (exact) mass is 412 g/mol. The number of hydrogen-bond acceptors (Lipinski definition) is 6. The summed E-state index contributed by atoms with van der Waals surface area (Å²) in [6, 6.07) is 11.3. The first kappa shape index (κ1) is 22.1. The second kappa shape index (κ2) is 9.04. The van der Waals surface area contributed by atoms with E-state index in [9.17, 15) is 9.90 Å². The summed E-state index contributed by atoms with van der Waals surface area (Å²) in [5, 5.41) is 10.3. The number of nitrogens with zero attached hydrogens (tertiary/aromatic N) is 2. The number of esters is 1. The zero-order valence-corrected chi connectivity index (χ0v) is 18.5. The van der Waals surface area contributed by atoms with Crippen LogP contribution in [0, 0.1) is 12.8 Å². The molecule has 162 valence electrons. The van der Waals surface area contributed by atoms with Crippen molar-refractivity contribution < 1.29 is 19.4 Å². The molecule has 1 N–H and O–H groups in total. The number of benzene rings is 1. The molecule has 0 radical (unpaired) electrons. The van der Waals surface area contributed by atoms with Gasteiger partial charge in [0.2, 0.25) is 0 Å². The van der Waals surface area contributed by atoms with E-state index in [2.05, 4.69) is 4.90 Å². The highest BCUT2D eigenvalue weighted by molar-refractivity contribution is 5.74. The first-order valence-corrected chi connectivity index (χ1v) is 10.5. The molecule has 2 aromatic rings. The zero-order chi connectivity index (χ0) is 21.9. The summed E-state index contributed by atoms with van der Waals surface area (Å²) in [6.07, 6.45) is 0.387. The molecule has 0 saturated carbocycles. The van der Waals surface area contributed by atoms with E-state index in [1.807, 2.05) is 65.0 Å². The number of ether oxygens (including phenoxy) is 2. The van der Waals surface area contributed by atoms with Crippen LogP contribution >= 0.6 is 0 Å². The molecule has 1 fully saturated rings. The smallest absolute Gasteiger partial charge is 0.312 e. The molecule has 1 saturated heterocycles. The molecule has 1 aliphatic rings. The van der Waals surface area contributed by atoms with Gasteiger partial charge in [-0.15, -0.1) is 0 Å². The summed E-state index contributed by atoms with van der Waals surface area (Å²) >= 11 is 0. The number of aryl methyl sites for hydroxylation is 1. The third-order valence-corrected chi connectivity index (χ3v) is 5.14. The Bertz CT molecular complexity index is 891. The molecule has 3 rings (SSSR count). The van der Waals surface area contributed by atoms with Crippen molar-refractivity contribution in [1.82, 2.24) is 4.98 Å². The molecule has 2 unspecified atom stereocenters. The van der Waals surface area contributed by atoms with Gasteiger partial charge in [0.05, 0.1) is 17.7 Å². The van der Waals surface area contributed by atoms with Gasteiger partial charge >= 0.3 is 5.97 Å². The highest BCUT2D eigenvalue weighted by atomic mass is 16.6. The van der Waals surface area contributed by atoms with Crippen LogP contribution < -0.4 is 4.90 Å². The Morgan fingerprint density at radius 3 is 2.73 bits per heavy atom. The lowest BCUT2D eigenvalue weighted by molar-refractivity contribution is -0.166. The molecule has 0 bridgehead atoms. The summed E-state index contributed by atoms with van der Waals surface area (Å²) in [6.45, 7) is 11.3. The second-order valence-electron chi connectivity index (χ2n) is 8.77. The van der Waals surface area contributed by atoms with Crippen molar-refractivity contribution in [3.63, 3.8) is 0 Å². The fourth-order valence-corrected chi connectivity index (χ4v) is 3.76. The normalized spacial score (nSPS) is 19.6. The third-order valence-electron chi connectivity index (χ3n) is 5.14. The van der Waals surface area contributed by atoms with Crippen LogP contribution in [0.1, 0.15) is 39.7 Å². The van der Waals surface area contributed by atoms with Gasteiger partial charge in [0.25, 0.3) is 0 Å². The topological polar surface area (TPSA) is 71.9 Å². The Kier molecular flexibility index (Phi) is 6.66. The maximum absolute atomic E-state index is 12.7. The lowest BCUT2D eigenvalue weighted by Gasteiger charge is -2.38. The second-order valence-corrected chi connectivity index (χ2v) is 8.77. The molecule has 0 spiro atoms. The Morgan fingerprint density at radius 2 is 2.03 bits per heavy atom.